The summed E-state index contributed by atoms with van der Waals surface area (Å²) in [6.45, 7) is 8.14. The van der Waals surface area contributed by atoms with Gasteiger partial charge in [0.25, 0.3) is 0 Å². The van der Waals surface area contributed by atoms with Crippen LogP contribution >= 0.6 is 0 Å². The van der Waals surface area contributed by atoms with Gasteiger partial charge in [0.05, 0.1) is 12.8 Å². The van der Waals surface area contributed by atoms with E-state index in [1.165, 1.54) is 5.56 Å². The molecule has 4 nitrogen and oxygen atoms in total. The molecule has 0 saturated heterocycles. The molecule has 0 unspecified atom stereocenters. The number of amides is 1. The highest BCUT2D eigenvalue weighted by Crippen LogP contribution is 2.25. The van der Waals surface area contributed by atoms with E-state index in [0.29, 0.717) is 17.4 Å². The number of ether oxygens (including phenoxy) is 1. The second kappa shape index (κ2) is 7.86. The molecule has 0 radical (unpaired) electrons. The van der Waals surface area contributed by atoms with Crippen molar-refractivity contribution in [2.75, 3.05) is 17.7 Å². The van der Waals surface area contributed by atoms with E-state index in [1.807, 2.05) is 44.2 Å². The molecule has 1 atom stereocenters. The van der Waals surface area contributed by atoms with Crippen LogP contribution in [-0.4, -0.2) is 19.1 Å². The van der Waals surface area contributed by atoms with E-state index in [0.717, 1.165) is 11.3 Å². The summed E-state index contributed by atoms with van der Waals surface area (Å²) in [4.78, 5) is 12.4. The Kier molecular flexibility index (Phi) is 5.85. The Balaban J connectivity index is 2.03. The molecule has 0 bridgehead atoms. The maximum Gasteiger partial charge on any atom is 0.246 e. The zero-order valence-electron chi connectivity index (χ0n) is 15.0. The fourth-order valence-corrected chi connectivity index (χ4v) is 2.44. The molecule has 0 aliphatic carbocycles. The van der Waals surface area contributed by atoms with Gasteiger partial charge < -0.3 is 15.4 Å². The van der Waals surface area contributed by atoms with Gasteiger partial charge in [-0.25, -0.2) is 0 Å². The number of methoxy groups -OCH3 is 1. The molecule has 1 amide bonds. The van der Waals surface area contributed by atoms with Crippen LogP contribution in [0.5, 0.6) is 5.75 Å². The Bertz CT molecular complexity index is 693. The van der Waals surface area contributed by atoms with Crippen molar-refractivity contribution in [1.82, 2.24) is 0 Å². The van der Waals surface area contributed by atoms with Crippen molar-refractivity contribution in [3.05, 3.63) is 53.6 Å². The van der Waals surface area contributed by atoms with Crippen molar-refractivity contribution in [3.63, 3.8) is 0 Å². The third-order valence-corrected chi connectivity index (χ3v) is 3.97. The number of benzene rings is 2. The molecule has 0 fully saturated rings. The number of hydrogen-bond donors (Lipinski definition) is 2. The van der Waals surface area contributed by atoms with E-state index < -0.39 is 0 Å². The van der Waals surface area contributed by atoms with Gasteiger partial charge in [0.2, 0.25) is 5.91 Å². The predicted octanol–water partition coefficient (Wildman–Crippen LogP) is 4.57. The maximum absolute atomic E-state index is 12.4. The Morgan fingerprint density at radius 3 is 2.29 bits per heavy atom. The number of rotatable bonds is 6. The zero-order chi connectivity index (χ0) is 17.7. The molecule has 0 spiro atoms. The lowest BCUT2D eigenvalue weighted by Crippen LogP contribution is -2.32. The molecule has 0 heterocycles. The van der Waals surface area contributed by atoms with Crippen molar-refractivity contribution in [1.29, 1.82) is 0 Å². The Morgan fingerprint density at radius 1 is 1.04 bits per heavy atom. The Hall–Kier alpha value is -2.49. The van der Waals surface area contributed by atoms with Crippen LogP contribution in [0.25, 0.3) is 0 Å². The molecular weight excluding hydrogens is 300 g/mol. The van der Waals surface area contributed by atoms with Crippen LogP contribution in [0.1, 0.15) is 37.8 Å². The Labute approximate surface area is 144 Å². The smallest absolute Gasteiger partial charge is 0.246 e. The first-order valence-corrected chi connectivity index (χ1v) is 8.22. The number of hydrogen-bond acceptors (Lipinski definition) is 3. The lowest BCUT2D eigenvalue weighted by atomic mass is 10.0. The number of anilines is 2. The van der Waals surface area contributed by atoms with Gasteiger partial charge in [0.15, 0.2) is 0 Å². The lowest BCUT2D eigenvalue weighted by Gasteiger charge is -2.17. The second-order valence-electron chi connectivity index (χ2n) is 6.34. The molecule has 2 aromatic carbocycles. The van der Waals surface area contributed by atoms with Crippen molar-refractivity contribution in [2.45, 2.75) is 39.7 Å². The van der Waals surface area contributed by atoms with Crippen molar-refractivity contribution >= 4 is 17.3 Å². The van der Waals surface area contributed by atoms with E-state index in [2.05, 4.69) is 36.6 Å². The van der Waals surface area contributed by atoms with Crippen LogP contribution in [-0.2, 0) is 4.79 Å². The van der Waals surface area contributed by atoms with Crippen LogP contribution in [0.3, 0.4) is 0 Å². The van der Waals surface area contributed by atoms with Gasteiger partial charge in [0.1, 0.15) is 11.8 Å². The molecule has 0 aromatic heterocycles. The summed E-state index contributed by atoms with van der Waals surface area (Å²) >= 11 is 0. The largest absolute Gasteiger partial charge is 0.495 e. The minimum atomic E-state index is -0.361. The quantitative estimate of drug-likeness (QED) is 0.818. The number of nitrogens with one attached hydrogen (secondary N) is 2. The molecule has 2 aromatic rings. The van der Waals surface area contributed by atoms with Gasteiger partial charge >= 0.3 is 0 Å². The fraction of sp³-hybridized carbons (Fsp3) is 0.350. The van der Waals surface area contributed by atoms with E-state index >= 15 is 0 Å². The third-order valence-electron chi connectivity index (χ3n) is 3.97. The van der Waals surface area contributed by atoms with E-state index in [4.69, 9.17) is 4.74 Å². The standard InChI is InChI=1S/C20H26N2O2/c1-13(2)16-7-9-17(10-8-16)21-15(4)20(23)22-18-12-14(3)6-11-19(18)24-5/h6-13,15,21H,1-5H3,(H,22,23)/t15-/m0/s1. The first-order chi connectivity index (χ1) is 11.4. The minimum Gasteiger partial charge on any atom is -0.495 e. The van der Waals surface area contributed by atoms with Gasteiger partial charge in [0, 0.05) is 5.69 Å². The zero-order valence-corrected chi connectivity index (χ0v) is 15.0. The summed E-state index contributed by atoms with van der Waals surface area (Å²) in [5, 5.41) is 6.15. The minimum absolute atomic E-state index is 0.105. The highest BCUT2D eigenvalue weighted by atomic mass is 16.5. The fourth-order valence-electron chi connectivity index (χ4n) is 2.44. The van der Waals surface area contributed by atoms with Gasteiger partial charge in [-0.05, 0) is 55.2 Å². The average Bonchev–Trinajstić information content (AvgIpc) is 2.55. The summed E-state index contributed by atoms with van der Waals surface area (Å²) in [5.74, 6) is 1.04. The second-order valence-corrected chi connectivity index (χ2v) is 6.34. The monoisotopic (exact) mass is 326 g/mol. The summed E-state index contributed by atoms with van der Waals surface area (Å²) in [7, 11) is 1.60. The van der Waals surface area contributed by atoms with Crippen molar-refractivity contribution in [2.24, 2.45) is 0 Å². The molecule has 0 saturated carbocycles. The molecule has 24 heavy (non-hydrogen) atoms. The average molecular weight is 326 g/mol. The summed E-state index contributed by atoms with van der Waals surface area (Å²) < 4.78 is 5.30. The highest BCUT2D eigenvalue weighted by Gasteiger charge is 2.15. The normalized spacial score (nSPS) is 11.9. The van der Waals surface area contributed by atoms with Crippen LogP contribution in [0.2, 0.25) is 0 Å². The predicted molar refractivity (Wildman–Crippen MR) is 100.0 cm³/mol. The lowest BCUT2D eigenvalue weighted by molar-refractivity contribution is -0.116. The van der Waals surface area contributed by atoms with Gasteiger partial charge in [-0.2, -0.15) is 0 Å². The molecule has 128 valence electrons. The molecule has 2 N–H and O–H groups in total. The van der Waals surface area contributed by atoms with Crippen LogP contribution in [0.4, 0.5) is 11.4 Å². The summed E-state index contributed by atoms with van der Waals surface area (Å²) in [6.07, 6.45) is 0. The first kappa shape index (κ1) is 17.9. The van der Waals surface area contributed by atoms with Gasteiger partial charge in [-0.3, -0.25) is 4.79 Å². The van der Waals surface area contributed by atoms with Crippen LogP contribution in [0.15, 0.2) is 42.5 Å². The number of aryl methyl sites for hydroxylation is 1. The van der Waals surface area contributed by atoms with Crippen molar-refractivity contribution in [3.8, 4) is 5.75 Å². The van der Waals surface area contributed by atoms with Crippen LogP contribution < -0.4 is 15.4 Å². The van der Waals surface area contributed by atoms with E-state index in [9.17, 15) is 4.79 Å². The molecule has 0 aliphatic rings. The maximum atomic E-state index is 12.4. The SMILES string of the molecule is COc1ccc(C)cc1NC(=O)[C@H](C)Nc1ccc(C(C)C)cc1. The number of carbonyl (C=O) groups is 1. The van der Waals surface area contributed by atoms with Gasteiger partial charge in [-0.1, -0.05) is 32.0 Å². The molecular formula is C20H26N2O2. The summed E-state index contributed by atoms with van der Waals surface area (Å²) in [6, 6.07) is 13.5. The van der Waals surface area contributed by atoms with Crippen LogP contribution in [0, 0.1) is 6.92 Å². The van der Waals surface area contributed by atoms with E-state index in [1.54, 1.807) is 7.11 Å². The van der Waals surface area contributed by atoms with Gasteiger partial charge in [-0.15, -0.1) is 0 Å². The molecule has 2 rings (SSSR count). The first-order valence-electron chi connectivity index (χ1n) is 8.22. The topological polar surface area (TPSA) is 50.4 Å². The van der Waals surface area contributed by atoms with E-state index in [-0.39, 0.29) is 11.9 Å². The molecule has 0 aliphatic heterocycles. The third kappa shape index (κ3) is 4.51. The Morgan fingerprint density at radius 2 is 1.71 bits per heavy atom. The number of carbonyl (C=O) groups excluding carboxylic acids is 1. The summed E-state index contributed by atoms with van der Waals surface area (Å²) in [5.41, 5.74) is 3.96. The van der Waals surface area contributed by atoms with Crippen molar-refractivity contribution < 1.29 is 9.53 Å². The highest BCUT2D eigenvalue weighted by molar-refractivity contribution is 5.97. The molecule has 4 heteroatoms.